The Morgan fingerprint density at radius 2 is 1.65 bits per heavy atom. The summed E-state index contributed by atoms with van der Waals surface area (Å²) < 4.78 is 38.0. The highest BCUT2D eigenvalue weighted by Gasteiger charge is 2.30. The Kier molecular flexibility index (Phi) is 7.43. The van der Waals surface area contributed by atoms with Crippen LogP contribution in [0.3, 0.4) is 0 Å². The number of ether oxygens (including phenoxy) is 2. The van der Waals surface area contributed by atoms with E-state index in [0.29, 0.717) is 42.3 Å². The van der Waals surface area contributed by atoms with Gasteiger partial charge >= 0.3 is 0 Å². The number of hydrogen-bond donors (Lipinski definition) is 0. The largest absolute Gasteiger partial charge is 0.497 e. The molecule has 0 bridgehead atoms. The van der Waals surface area contributed by atoms with E-state index in [4.69, 9.17) is 9.47 Å². The van der Waals surface area contributed by atoms with Crippen molar-refractivity contribution in [2.75, 3.05) is 32.2 Å². The summed E-state index contributed by atoms with van der Waals surface area (Å²) in [6.07, 6.45) is 1.45. The molecule has 0 atom stereocenters. The molecule has 3 aromatic carbocycles. The van der Waals surface area contributed by atoms with Crippen molar-refractivity contribution in [1.29, 1.82) is 0 Å². The molecule has 4 rings (SSSR count). The average molecular weight is 467 g/mol. The van der Waals surface area contributed by atoms with E-state index in [2.05, 4.69) is 4.90 Å². The van der Waals surface area contributed by atoms with Crippen LogP contribution in [0, 0.1) is 11.6 Å². The lowest BCUT2D eigenvalue weighted by molar-refractivity contribution is 0.0958. The van der Waals surface area contributed by atoms with Crippen molar-refractivity contribution in [2.45, 2.75) is 25.4 Å². The van der Waals surface area contributed by atoms with Crippen LogP contribution in [0.1, 0.15) is 28.8 Å². The predicted octanol–water partition coefficient (Wildman–Crippen LogP) is 5.29. The molecule has 3 aromatic rings. The Bertz CT molecular complexity index is 1130. The zero-order chi connectivity index (χ0) is 24.1. The second-order valence-electron chi connectivity index (χ2n) is 8.35. The third-order valence-electron chi connectivity index (χ3n) is 6.22. The maximum Gasteiger partial charge on any atom is 0.258 e. The minimum absolute atomic E-state index is 0.0315. The second kappa shape index (κ2) is 10.7. The number of rotatable bonds is 7. The molecule has 0 aliphatic carbocycles. The maximum absolute atomic E-state index is 14.1. The normalized spacial score (nSPS) is 14.6. The number of halogens is 2. The van der Waals surface area contributed by atoms with E-state index >= 15 is 0 Å². The van der Waals surface area contributed by atoms with Gasteiger partial charge in [-0.25, -0.2) is 8.78 Å². The van der Waals surface area contributed by atoms with Gasteiger partial charge in [0.15, 0.2) is 0 Å². The molecule has 5 nitrogen and oxygen atoms in total. The van der Waals surface area contributed by atoms with Gasteiger partial charge in [-0.3, -0.25) is 9.69 Å². The molecule has 34 heavy (non-hydrogen) atoms. The van der Waals surface area contributed by atoms with Gasteiger partial charge in [0.05, 0.1) is 14.2 Å². The summed E-state index contributed by atoms with van der Waals surface area (Å²) in [5.41, 5.74) is 1.81. The summed E-state index contributed by atoms with van der Waals surface area (Å²) in [6, 6.07) is 18.2. The molecule has 0 unspecified atom stereocenters. The third-order valence-corrected chi connectivity index (χ3v) is 6.22. The number of amides is 1. The number of carbonyl (C=O) groups excluding carboxylic acids is 1. The van der Waals surface area contributed by atoms with Crippen LogP contribution in [0.25, 0.3) is 0 Å². The Labute approximate surface area is 198 Å². The van der Waals surface area contributed by atoms with Crippen molar-refractivity contribution in [3.63, 3.8) is 0 Å². The van der Waals surface area contributed by atoms with Crippen molar-refractivity contribution in [3.05, 3.63) is 89.5 Å². The zero-order valence-electron chi connectivity index (χ0n) is 19.3. The fraction of sp³-hybridized carbons (Fsp3) is 0.296. The van der Waals surface area contributed by atoms with E-state index in [9.17, 15) is 13.6 Å². The first-order chi connectivity index (χ1) is 16.5. The van der Waals surface area contributed by atoms with Crippen molar-refractivity contribution in [1.82, 2.24) is 4.90 Å². The van der Waals surface area contributed by atoms with Crippen LogP contribution >= 0.6 is 0 Å². The summed E-state index contributed by atoms with van der Waals surface area (Å²) in [7, 11) is 3.19. The van der Waals surface area contributed by atoms with Crippen LogP contribution in [0.4, 0.5) is 14.5 Å². The minimum Gasteiger partial charge on any atom is -0.497 e. The monoisotopic (exact) mass is 466 g/mol. The van der Waals surface area contributed by atoms with Crippen LogP contribution < -0.4 is 14.4 Å². The molecule has 0 saturated carbocycles. The fourth-order valence-electron chi connectivity index (χ4n) is 4.35. The summed E-state index contributed by atoms with van der Waals surface area (Å²) in [5, 5.41) is 0. The topological polar surface area (TPSA) is 42.0 Å². The standard InChI is InChI=1S/C27H28F2N2O3/c1-33-24-10-7-19(8-11-24)27(32)31(23-4-3-5-25(17-23)34-2)22-12-14-30(15-13-22)18-20-6-9-21(28)16-26(20)29/h3-11,16-17,22H,12-15,18H2,1-2H3. The van der Waals surface area contributed by atoms with Crippen molar-refractivity contribution in [2.24, 2.45) is 0 Å². The Hall–Kier alpha value is -3.45. The number of hydrogen-bond acceptors (Lipinski definition) is 4. The number of likely N-dealkylation sites (tertiary alicyclic amines) is 1. The van der Waals surface area contributed by atoms with E-state index in [1.165, 1.54) is 12.1 Å². The van der Waals surface area contributed by atoms with Gasteiger partial charge in [0, 0.05) is 54.6 Å². The van der Waals surface area contributed by atoms with Crippen molar-refractivity contribution < 1.29 is 23.0 Å². The van der Waals surface area contributed by atoms with E-state index < -0.39 is 11.6 Å². The van der Waals surface area contributed by atoms with Gasteiger partial charge in [-0.15, -0.1) is 0 Å². The Morgan fingerprint density at radius 3 is 2.29 bits per heavy atom. The van der Waals surface area contributed by atoms with Gasteiger partial charge in [-0.1, -0.05) is 12.1 Å². The quantitative estimate of drug-likeness (QED) is 0.474. The number of piperidine rings is 1. The second-order valence-corrected chi connectivity index (χ2v) is 8.35. The van der Waals surface area contributed by atoms with Crippen LogP contribution in [0.15, 0.2) is 66.7 Å². The molecule has 1 saturated heterocycles. The Balaban J connectivity index is 1.53. The lowest BCUT2D eigenvalue weighted by Crippen LogP contribution is -2.47. The Morgan fingerprint density at radius 1 is 0.941 bits per heavy atom. The molecule has 1 fully saturated rings. The van der Waals surface area contributed by atoms with Gasteiger partial charge in [0.1, 0.15) is 23.1 Å². The van der Waals surface area contributed by atoms with Gasteiger partial charge < -0.3 is 14.4 Å². The summed E-state index contributed by atoms with van der Waals surface area (Å²) in [4.78, 5) is 17.6. The summed E-state index contributed by atoms with van der Waals surface area (Å²) in [5.74, 6) is 0.153. The van der Waals surface area contributed by atoms with Crippen molar-refractivity contribution in [3.8, 4) is 11.5 Å². The van der Waals surface area contributed by atoms with Crippen LogP contribution in [0.5, 0.6) is 11.5 Å². The highest BCUT2D eigenvalue weighted by Crippen LogP contribution is 2.29. The molecule has 1 aliphatic rings. The van der Waals surface area contributed by atoms with Gasteiger partial charge in [-0.05, 0) is 55.3 Å². The first kappa shape index (κ1) is 23.7. The highest BCUT2D eigenvalue weighted by atomic mass is 19.1. The molecular formula is C27H28F2N2O3. The van der Waals surface area contributed by atoms with E-state index in [0.717, 1.165) is 24.6 Å². The smallest absolute Gasteiger partial charge is 0.258 e. The first-order valence-electron chi connectivity index (χ1n) is 11.3. The van der Waals surface area contributed by atoms with Gasteiger partial charge in [0.25, 0.3) is 5.91 Å². The lowest BCUT2D eigenvalue weighted by Gasteiger charge is -2.38. The summed E-state index contributed by atoms with van der Waals surface area (Å²) in [6.45, 7) is 1.79. The number of anilines is 1. The number of nitrogens with zero attached hydrogens (tertiary/aromatic N) is 2. The fourth-order valence-corrected chi connectivity index (χ4v) is 4.35. The molecule has 0 spiro atoms. The number of methoxy groups -OCH3 is 2. The molecule has 1 aliphatic heterocycles. The molecule has 1 amide bonds. The average Bonchev–Trinajstić information content (AvgIpc) is 2.87. The van der Waals surface area contributed by atoms with Crippen molar-refractivity contribution >= 4 is 11.6 Å². The molecule has 7 heteroatoms. The first-order valence-corrected chi connectivity index (χ1v) is 11.3. The van der Waals surface area contributed by atoms with Gasteiger partial charge in [0.2, 0.25) is 0 Å². The zero-order valence-corrected chi connectivity index (χ0v) is 19.3. The minimum atomic E-state index is -0.578. The lowest BCUT2D eigenvalue weighted by atomic mass is 10.00. The van der Waals surface area contributed by atoms with Crippen LogP contribution in [0.2, 0.25) is 0 Å². The third kappa shape index (κ3) is 5.37. The van der Waals surface area contributed by atoms with Crippen LogP contribution in [-0.4, -0.2) is 44.2 Å². The molecule has 1 heterocycles. The predicted molar refractivity (Wildman–Crippen MR) is 127 cm³/mol. The maximum atomic E-state index is 14.1. The van der Waals surface area contributed by atoms with E-state index in [1.54, 1.807) is 38.5 Å². The van der Waals surface area contributed by atoms with Gasteiger partial charge in [-0.2, -0.15) is 0 Å². The highest BCUT2D eigenvalue weighted by molar-refractivity contribution is 6.06. The molecule has 178 valence electrons. The molecule has 0 aromatic heterocycles. The summed E-state index contributed by atoms with van der Waals surface area (Å²) >= 11 is 0. The molecule has 0 N–H and O–H groups in total. The SMILES string of the molecule is COc1ccc(C(=O)N(c2cccc(OC)c2)C2CCN(Cc3ccc(F)cc3F)CC2)cc1. The molecule has 0 radical (unpaired) electrons. The molecular weight excluding hydrogens is 438 g/mol. The van der Waals surface area contributed by atoms with Crippen LogP contribution in [-0.2, 0) is 6.54 Å². The van der Waals surface area contributed by atoms with E-state index in [1.807, 2.05) is 29.2 Å². The number of benzene rings is 3. The van der Waals surface area contributed by atoms with E-state index in [-0.39, 0.29) is 11.9 Å². The number of carbonyl (C=O) groups is 1.